The first-order valence-electron chi connectivity index (χ1n) is 4.43. The molecule has 0 aliphatic rings. The fourth-order valence-corrected chi connectivity index (χ4v) is 2.69. The predicted octanol–water partition coefficient (Wildman–Crippen LogP) is 4.40. The molecule has 0 fully saturated rings. The largest absolute Gasteiger partial charge is 0.318 e. The zero-order valence-corrected chi connectivity index (χ0v) is 12.2. The molecule has 1 aromatic carbocycles. The van der Waals surface area contributed by atoms with Crippen molar-refractivity contribution < 1.29 is 4.79 Å². The number of aromatic nitrogens is 2. The molecule has 1 heterocycles. The lowest BCUT2D eigenvalue weighted by Crippen LogP contribution is -2.13. The number of benzene rings is 1. The second-order valence-corrected chi connectivity index (χ2v) is 5.70. The summed E-state index contributed by atoms with van der Waals surface area (Å²) in [6.45, 7) is 0. The van der Waals surface area contributed by atoms with Gasteiger partial charge in [0.1, 0.15) is 4.34 Å². The predicted molar refractivity (Wildman–Crippen MR) is 74.3 cm³/mol. The van der Waals surface area contributed by atoms with Crippen LogP contribution in [0.25, 0.3) is 0 Å². The highest BCUT2D eigenvalue weighted by atomic mass is 35.5. The van der Waals surface area contributed by atoms with Gasteiger partial charge < -0.3 is 5.32 Å². The van der Waals surface area contributed by atoms with E-state index in [1.165, 1.54) is 12.1 Å². The van der Waals surface area contributed by atoms with E-state index in [9.17, 15) is 4.79 Å². The molecule has 1 amide bonds. The number of carbonyl (C=O) groups excluding carboxylic acids is 1. The minimum atomic E-state index is -0.542. The Morgan fingerprint density at radius 3 is 2.28 bits per heavy atom. The molecule has 0 bridgehead atoms. The Bertz CT molecular complexity index is 593. The molecule has 1 aromatic heterocycles. The monoisotopic (exact) mass is 341 g/mol. The van der Waals surface area contributed by atoms with Crippen molar-refractivity contribution in [2.45, 2.75) is 0 Å². The van der Waals surface area contributed by atoms with E-state index in [2.05, 4.69) is 14.9 Å². The zero-order valence-electron chi connectivity index (χ0n) is 8.38. The lowest BCUT2D eigenvalue weighted by atomic mass is 10.3. The molecule has 0 saturated heterocycles. The van der Waals surface area contributed by atoms with Gasteiger partial charge in [-0.1, -0.05) is 50.9 Å². The van der Waals surface area contributed by atoms with Gasteiger partial charge in [-0.15, -0.1) is 5.10 Å². The summed E-state index contributed by atoms with van der Waals surface area (Å²) < 4.78 is 3.74. The summed E-state index contributed by atoms with van der Waals surface area (Å²) in [7, 11) is 0. The van der Waals surface area contributed by atoms with Crippen LogP contribution in [-0.2, 0) is 0 Å². The normalized spacial score (nSPS) is 10.4. The second-order valence-electron chi connectivity index (χ2n) is 3.09. The minimum Gasteiger partial charge on any atom is -0.318 e. The maximum Gasteiger partial charge on any atom is 0.278 e. The van der Waals surface area contributed by atoms with Crippen molar-refractivity contribution in [1.82, 2.24) is 9.59 Å². The van der Waals surface area contributed by atoms with Gasteiger partial charge >= 0.3 is 0 Å². The molecule has 0 aliphatic carbocycles. The molecule has 9 heteroatoms. The fraction of sp³-hybridized carbons (Fsp3) is 0. The van der Waals surface area contributed by atoms with E-state index >= 15 is 0 Å². The maximum atomic E-state index is 11.8. The molecule has 18 heavy (non-hydrogen) atoms. The molecule has 0 aliphatic heterocycles. The van der Waals surface area contributed by atoms with Crippen LogP contribution in [0.3, 0.4) is 0 Å². The molecule has 0 atom stereocenters. The first kappa shape index (κ1) is 13.8. The number of amides is 1. The molecular formula is C9H3Cl4N3OS. The summed E-state index contributed by atoms with van der Waals surface area (Å²) >= 11 is 24.3. The van der Waals surface area contributed by atoms with Crippen LogP contribution in [0.15, 0.2) is 12.1 Å². The molecule has 0 radical (unpaired) electrons. The van der Waals surface area contributed by atoms with E-state index in [4.69, 9.17) is 46.4 Å². The van der Waals surface area contributed by atoms with E-state index in [0.29, 0.717) is 5.02 Å². The summed E-state index contributed by atoms with van der Waals surface area (Å²) in [6.07, 6.45) is 0. The van der Waals surface area contributed by atoms with Gasteiger partial charge in [-0.25, -0.2) is 0 Å². The van der Waals surface area contributed by atoms with Gasteiger partial charge in [-0.2, -0.15) is 0 Å². The smallest absolute Gasteiger partial charge is 0.278 e. The molecular weight excluding hydrogens is 340 g/mol. The van der Waals surface area contributed by atoms with Crippen LogP contribution in [0, 0.1) is 0 Å². The maximum absolute atomic E-state index is 11.8. The summed E-state index contributed by atoms with van der Waals surface area (Å²) in [5.74, 6) is -0.542. The van der Waals surface area contributed by atoms with Crippen LogP contribution in [0.5, 0.6) is 0 Å². The molecule has 94 valence electrons. The van der Waals surface area contributed by atoms with Crippen LogP contribution >= 0.6 is 57.9 Å². The Morgan fingerprint density at radius 1 is 1.17 bits per heavy atom. The summed E-state index contributed by atoms with van der Waals surface area (Å²) in [5.41, 5.74) is 0.264. The Balaban J connectivity index is 2.31. The third-order valence-corrected chi connectivity index (χ3v) is 3.63. The van der Waals surface area contributed by atoms with Gasteiger partial charge in [0.25, 0.3) is 5.91 Å². The summed E-state index contributed by atoms with van der Waals surface area (Å²) in [6, 6.07) is 2.93. The number of rotatable bonds is 2. The molecule has 0 saturated carbocycles. The SMILES string of the molecule is O=C(Nc1c(Cl)cc(Cl)cc1Cl)c1nnsc1Cl. The number of nitrogens with zero attached hydrogens (tertiary/aromatic N) is 2. The number of hydrogen-bond acceptors (Lipinski definition) is 4. The topological polar surface area (TPSA) is 54.9 Å². The van der Waals surface area contributed by atoms with Crippen molar-refractivity contribution in [3.8, 4) is 0 Å². The summed E-state index contributed by atoms with van der Waals surface area (Å²) in [4.78, 5) is 11.8. The number of halogens is 4. The van der Waals surface area contributed by atoms with Crippen molar-refractivity contribution in [2.24, 2.45) is 0 Å². The lowest BCUT2D eigenvalue weighted by molar-refractivity contribution is 0.102. The highest BCUT2D eigenvalue weighted by Gasteiger charge is 2.18. The molecule has 0 unspecified atom stereocenters. The van der Waals surface area contributed by atoms with Crippen LogP contribution in [0.4, 0.5) is 5.69 Å². The van der Waals surface area contributed by atoms with Crippen LogP contribution in [0.2, 0.25) is 19.4 Å². The van der Waals surface area contributed by atoms with Gasteiger partial charge in [0, 0.05) is 16.6 Å². The molecule has 0 spiro atoms. The highest BCUT2D eigenvalue weighted by Crippen LogP contribution is 2.34. The average Bonchev–Trinajstić information content (AvgIpc) is 2.69. The fourth-order valence-electron chi connectivity index (χ4n) is 1.15. The van der Waals surface area contributed by atoms with Crippen molar-refractivity contribution in [3.05, 3.63) is 37.2 Å². The van der Waals surface area contributed by atoms with E-state index in [-0.39, 0.29) is 25.8 Å². The number of nitrogens with one attached hydrogen (secondary N) is 1. The van der Waals surface area contributed by atoms with Gasteiger partial charge in [0.05, 0.1) is 15.7 Å². The molecule has 1 N–H and O–H groups in total. The van der Waals surface area contributed by atoms with E-state index in [1.54, 1.807) is 0 Å². The van der Waals surface area contributed by atoms with Gasteiger partial charge in [-0.3, -0.25) is 4.79 Å². The molecule has 4 nitrogen and oxygen atoms in total. The van der Waals surface area contributed by atoms with Gasteiger partial charge in [-0.05, 0) is 12.1 Å². The third kappa shape index (κ3) is 2.87. The second kappa shape index (κ2) is 5.59. The number of carbonyl (C=O) groups is 1. The van der Waals surface area contributed by atoms with E-state index < -0.39 is 5.91 Å². The Kier molecular flexibility index (Phi) is 4.29. The number of hydrogen-bond donors (Lipinski definition) is 1. The van der Waals surface area contributed by atoms with Crippen LogP contribution in [-0.4, -0.2) is 15.5 Å². The first-order valence-corrected chi connectivity index (χ1v) is 6.71. The van der Waals surface area contributed by atoms with Gasteiger partial charge in [0.2, 0.25) is 0 Å². The van der Waals surface area contributed by atoms with Crippen molar-refractivity contribution in [3.63, 3.8) is 0 Å². The zero-order chi connectivity index (χ0) is 13.3. The highest BCUT2D eigenvalue weighted by molar-refractivity contribution is 7.10. The van der Waals surface area contributed by atoms with E-state index in [1.807, 2.05) is 0 Å². The molecule has 2 rings (SSSR count). The molecule has 2 aromatic rings. The Hall–Kier alpha value is -0.590. The van der Waals surface area contributed by atoms with Crippen LogP contribution < -0.4 is 5.32 Å². The Morgan fingerprint density at radius 2 is 1.78 bits per heavy atom. The van der Waals surface area contributed by atoms with Gasteiger partial charge in [0.15, 0.2) is 5.69 Å². The number of anilines is 1. The first-order chi connectivity index (χ1) is 8.49. The van der Waals surface area contributed by atoms with Crippen molar-refractivity contribution in [2.75, 3.05) is 5.32 Å². The van der Waals surface area contributed by atoms with Crippen molar-refractivity contribution >= 4 is 69.5 Å². The third-order valence-electron chi connectivity index (χ3n) is 1.91. The van der Waals surface area contributed by atoms with Crippen LogP contribution in [0.1, 0.15) is 10.5 Å². The quantitative estimate of drug-likeness (QED) is 0.879. The standard InChI is InChI=1S/C9H3Cl4N3OS/c10-3-1-4(11)6(5(12)2-3)14-9(17)7-8(13)18-16-15-7/h1-2H,(H,14,17). The lowest BCUT2D eigenvalue weighted by Gasteiger charge is -2.08. The minimum absolute atomic E-state index is 0.0174. The Labute approximate surface area is 126 Å². The van der Waals surface area contributed by atoms with E-state index in [0.717, 1.165) is 11.5 Å². The average molecular weight is 343 g/mol. The van der Waals surface area contributed by atoms with Crippen molar-refractivity contribution in [1.29, 1.82) is 0 Å². The summed E-state index contributed by atoms with van der Waals surface area (Å²) in [5, 5.41) is 6.92.